The summed E-state index contributed by atoms with van der Waals surface area (Å²) in [5.74, 6) is -1.33. The van der Waals surface area contributed by atoms with Crippen molar-refractivity contribution in [3.05, 3.63) is 41.5 Å². The van der Waals surface area contributed by atoms with E-state index in [4.69, 9.17) is 4.74 Å². The van der Waals surface area contributed by atoms with Gasteiger partial charge < -0.3 is 4.74 Å². The minimum Gasteiger partial charge on any atom is -0.425 e. The van der Waals surface area contributed by atoms with E-state index in [9.17, 15) is 14.4 Å². The number of esters is 1. The Hall–Kier alpha value is -2.43. The average Bonchev–Trinajstić information content (AvgIpc) is 2.76. The molecule has 1 saturated heterocycles. The predicted octanol–water partition coefficient (Wildman–Crippen LogP) is 2.16. The standard InChI is InChI=1S/C18H19NO4/c1-11-7-8-13(9-12(11)2)23-16(20)10-19-17(21)14-5-3-4-6-15(14)18(19)22/h3-4,7-9,14-15H,5-6,10H2,1-2H3/t14-,15+. The highest BCUT2D eigenvalue weighted by Crippen LogP contribution is 2.34. The third kappa shape index (κ3) is 2.91. The van der Waals surface area contributed by atoms with Crippen molar-refractivity contribution in [2.45, 2.75) is 26.7 Å². The van der Waals surface area contributed by atoms with Crippen molar-refractivity contribution in [3.8, 4) is 5.75 Å². The van der Waals surface area contributed by atoms with Gasteiger partial charge in [-0.2, -0.15) is 0 Å². The van der Waals surface area contributed by atoms with Gasteiger partial charge in [-0.3, -0.25) is 14.5 Å². The Morgan fingerprint density at radius 3 is 2.26 bits per heavy atom. The molecule has 1 fully saturated rings. The Morgan fingerprint density at radius 2 is 1.70 bits per heavy atom. The van der Waals surface area contributed by atoms with Gasteiger partial charge in [-0.15, -0.1) is 0 Å². The van der Waals surface area contributed by atoms with Crippen LogP contribution >= 0.6 is 0 Å². The number of amides is 2. The molecule has 2 aliphatic rings. The first kappa shape index (κ1) is 15.5. The Kier molecular flexibility index (Phi) is 4.03. The quantitative estimate of drug-likeness (QED) is 0.371. The number of benzene rings is 1. The third-order valence-corrected chi connectivity index (χ3v) is 4.60. The molecule has 5 heteroatoms. The highest BCUT2D eigenvalue weighted by molar-refractivity contribution is 6.07. The molecule has 1 aromatic rings. The summed E-state index contributed by atoms with van der Waals surface area (Å²) in [4.78, 5) is 37.7. The van der Waals surface area contributed by atoms with Crippen molar-refractivity contribution in [1.82, 2.24) is 4.90 Å². The molecule has 120 valence electrons. The van der Waals surface area contributed by atoms with Crippen LogP contribution in [0.25, 0.3) is 0 Å². The highest BCUT2D eigenvalue weighted by Gasteiger charge is 2.47. The zero-order valence-corrected chi connectivity index (χ0v) is 13.2. The van der Waals surface area contributed by atoms with Gasteiger partial charge in [-0.05, 0) is 49.9 Å². The molecule has 1 aliphatic heterocycles. The van der Waals surface area contributed by atoms with Crippen LogP contribution in [0.15, 0.2) is 30.4 Å². The van der Waals surface area contributed by atoms with Gasteiger partial charge in [0.1, 0.15) is 12.3 Å². The van der Waals surface area contributed by atoms with Gasteiger partial charge >= 0.3 is 5.97 Å². The maximum atomic E-state index is 12.3. The van der Waals surface area contributed by atoms with E-state index in [2.05, 4.69) is 0 Å². The Labute approximate surface area is 134 Å². The van der Waals surface area contributed by atoms with Crippen molar-refractivity contribution in [3.63, 3.8) is 0 Å². The van der Waals surface area contributed by atoms with Crippen LogP contribution in [0.1, 0.15) is 24.0 Å². The summed E-state index contributed by atoms with van der Waals surface area (Å²) < 4.78 is 5.26. The molecule has 3 rings (SSSR count). The molecular weight excluding hydrogens is 294 g/mol. The molecule has 0 unspecified atom stereocenters. The third-order valence-electron chi connectivity index (χ3n) is 4.60. The number of rotatable bonds is 3. The van der Waals surface area contributed by atoms with Gasteiger partial charge in [0.2, 0.25) is 11.8 Å². The minimum absolute atomic E-state index is 0.263. The Bertz CT molecular complexity index is 681. The number of nitrogens with zero attached hydrogens (tertiary/aromatic N) is 1. The van der Waals surface area contributed by atoms with Crippen molar-refractivity contribution < 1.29 is 19.1 Å². The molecule has 1 aromatic carbocycles. The van der Waals surface area contributed by atoms with E-state index >= 15 is 0 Å². The lowest BCUT2D eigenvalue weighted by molar-refractivity contribution is -0.148. The summed E-state index contributed by atoms with van der Waals surface area (Å²) in [5.41, 5.74) is 2.12. The van der Waals surface area contributed by atoms with E-state index in [1.807, 2.05) is 32.1 Å². The van der Waals surface area contributed by atoms with Gasteiger partial charge in [0.25, 0.3) is 0 Å². The molecule has 0 bridgehead atoms. The van der Waals surface area contributed by atoms with E-state index in [0.29, 0.717) is 18.6 Å². The number of imide groups is 1. The van der Waals surface area contributed by atoms with Gasteiger partial charge in [-0.25, -0.2) is 4.79 Å². The van der Waals surface area contributed by atoms with Gasteiger partial charge in [-0.1, -0.05) is 18.2 Å². The number of carbonyl (C=O) groups is 3. The van der Waals surface area contributed by atoms with E-state index in [1.165, 1.54) is 0 Å². The Morgan fingerprint density at radius 1 is 1.09 bits per heavy atom. The second-order valence-electron chi connectivity index (χ2n) is 6.14. The number of hydrogen-bond donors (Lipinski definition) is 0. The molecule has 5 nitrogen and oxygen atoms in total. The van der Waals surface area contributed by atoms with Crippen molar-refractivity contribution in [1.29, 1.82) is 0 Å². The topological polar surface area (TPSA) is 63.7 Å². The molecule has 2 atom stereocenters. The van der Waals surface area contributed by atoms with Crippen LogP contribution in [0.2, 0.25) is 0 Å². The smallest absolute Gasteiger partial charge is 0.331 e. The van der Waals surface area contributed by atoms with Gasteiger partial charge in [0.15, 0.2) is 0 Å². The van der Waals surface area contributed by atoms with Crippen molar-refractivity contribution in [2.24, 2.45) is 11.8 Å². The molecule has 0 spiro atoms. The molecule has 0 N–H and O–H groups in total. The van der Waals surface area contributed by atoms with E-state index in [1.54, 1.807) is 12.1 Å². The largest absolute Gasteiger partial charge is 0.425 e. The monoisotopic (exact) mass is 313 g/mol. The maximum Gasteiger partial charge on any atom is 0.331 e. The van der Waals surface area contributed by atoms with Gasteiger partial charge in [0, 0.05) is 0 Å². The number of fused-ring (bicyclic) bond motifs is 1. The number of aryl methyl sites for hydroxylation is 2. The molecule has 0 radical (unpaired) electrons. The number of ether oxygens (including phenoxy) is 1. The number of hydrogen-bond acceptors (Lipinski definition) is 4. The lowest BCUT2D eigenvalue weighted by Gasteiger charge is -2.14. The van der Waals surface area contributed by atoms with Crippen LogP contribution < -0.4 is 4.74 Å². The lowest BCUT2D eigenvalue weighted by Crippen LogP contribution is -2.37. The van der Waals surface area contributed by atoms with E-state index < -0.39 is 5.97 Å². The van der Waals surface area contributed by atoms with Crippen LogP contribution in [-0.4, -0.2) is 29.2 Å². The summed E-state index contributed by atoms with van der Waals surface area (Å²) >= 11 is 0. The van der Waals surface area contributed by atoms with E-state index in [-0.39, 0.29) is 30.2 Å². The van der Waals surface area contributed by atoms with Crippen LogP contribution in [0, 0.1) is 25.7 Å². The fourth-order valence-electron chi connectivity index (χ4n) is 3.10. The summed E-state index contributed by atoms with van der Waals surface area (Å²) in [6, 6.07) is 5.34. The molecule has 23 heavy (non-hydrogen) atoms. The summed E-state index contributed by atoms with van der Waals surface area (Å²) in [6.45, 7) is 3.58. The first-order valence-electron chi connectivity index (χ1n) is 7.75. The number of carbonyl (C=O) groups excluding carboxylic acids is 3. The van der Waals surface area contributed by atoms with Crippen LogP contribution in [0.5, 0.6) is 5.75 Å². The SMILES string of the molecule is Cc1ccc(OC(=O)CN2C(=O)[C@H]3CC=CC[C@H]3C2=O)cc1C. The van der Waals surface area contributed by atoms with Gasteiger partial charge in [0.05, 0.1) is 11.8 Å². The normalized spacial score (nSPS) is 23.1. The first-order valence-corrected chi connectivity index (χ1v) is 7.75. The lowest BCUT2D eigenvalue weighted by atomic mass is 9.85. The molecular formula is C18H19NO4. The van der Waals surface area contributed by atoms with Crippen LogP contribution in [0.4, 0.5) is 0 Å². The predicted molar refractivity (Wildman–Crippen MR) is 83.6 cm³/mol. The van der Waals surface area contributed by atoms with Crippen LogP contribution in [0.3, 0.4) is 0 Å². The van der Waals surface area contributed by atoms with Crippen LogP contribution in [-0.2, 0) is 14.4 Å². The second-order valence-corrected chi connectivity index (χ2v) is 6.14. The zero-order valence-electron chi connectivity index (χ0n) is 13.2. The van der Waals surface area contributed by atoms with E-state index in [0.717, 1.165) is 16.0 Å². The zero-order chi connectivity index (χ0) is 16.6. The highest BCUT2D eigenvalue weighted by atomic mass is 16.5. The summed E-state index contributed by atoms with van der Waals surface area (Å²) in [5, 5.41) is 0. The molecule has 0 aromatic heterocycles. The van der Waals surface area contributed by atoms with Crippen molar-refractivity contribution in [2.75, 3.05) is 6.54 Å². The summed E-state index contributed by atoms with van der Waals surface area (Å²) in [6.07, 6.45) is 4.97. The Balaban J connectivity index is 1.67. The molecule has 1 heterocycles. The first-order chi connectivity index (χ1) is 11.0. The van der Waals surface area contributed by atoms with Crippen molar-refractivity contribution >= 4 is 17.8 Å². The fraction of sp³-hybridized carbons (Fsp3) is 0.389. The minimum atomic E-state index is -0.596. The second kappa shape index (κ2) is 5.99. The number of allylic oxidation sites excluding steroid dienone is 2. The average molecular weight is 313 g/mol. The summed E-state index contributed by atoms with van der Waals surface area (Å²) in [7, 11) is 0. The number of likely N-dealkylation sites (tertiary alicyclic amines) is 1. The molecule has 0 saturated carbocycles. The maximum absolute atomic E-state index is 12.3. The fourth-order valence-corrected chi connectivity index (χ4v) is 3.10. The molecule has 2 amide bonds. The molecule has 1 aliphatic carbocycles.